The van der Waals surface area contributed by atoms with Crippen LogP contribution in [0, 0.1) is 5.82 Å². The number of rotatable bonds is 6. The van der Waals surface area contributed by atoms with Gasteiger partial charge in [0, 0.05) is 38.6 Å². The minimum absolute atomic E-state index is 0.0230. The Balaban J connectivity index is 1.51. The first-order valence-electron chi connectivity index (χ1n) is 10.6. The molecule has 0 bridgehead atoms. The lowest BCUT2D eigenvalue weighted by molar-refractivity contribution is 0.0681. The topological polar surface area (TPSA) is 126 Å². The van der Waals surface area contributed by atoms with Crippen LogP contribution >= 0.6 is 0 Å². The number of fused-ring (bicyclic) bond motifs is 1. The van der Waals surface area contributed by atoms with E-state index in [0.29, 0.717) is 11.1 Å². The van der Waals surface area contributed by atoms with Gasteiger partial charge in [-0.05, 0) is 35.4 Å². The highest BCUT2D eigenvalue weighted by atomic mass is 32.2. The SMILES string of the molecule is CS(=O)(=O)c1ccc(CNC(=O)c2cn3c(c(O)c2=O)C(=O)N(Cc2ccc(F)cc2)CC3)cc1. The summed E-state index contributed by atoms with van der Waals surface area (Å²) in [7, 11) is -3.35. The molecule has 1 aliphatic rings. The zero-order chi connectivity index (χ0) is 25.3. The first-order chi connectivity index (χ1) is 16.5. The maximum Gasteiger partial charge on any atom is 0.274 e. The number of aromatic nitrogens is 1. The van der Waals surface area contributed by atoms with E-state index in [0.717, 1.165) is 6.26 Å². The Hall–Kier alpha value is -3.99. The van der Waals surface area contributed by atoms with Crippen LogP contribution in [0.5, 0.6) is 5.75 Å². The van der Waals surface area contributed by atoms with Crippen LogP contribution in [0.4, 0.5) is 4.39 Å². The lowest BCUT2D eigenvalue weighted by atomic mass is 10.1. The van der Waals surface area contributed by atoms with Gasteiger partial charge in [-0.1, -0.05) is 24.3 Å². The molecule has 0 spiro atoms. The number of carbonyl (C=O) groups excluding carboxylic acids is 2. The van der Waals surface area contributed by atoms with E-state index in [9.17, 15) is 32.3 Å². The molecule has 2 aromatic carbocycles. The van der Waals surface area contributed by atoms with Crippen LogP contribution in [0.3, 0.4) is 0 Å². The molecule has 0 unspecified atom stereocenters. The Bertz CT molecular complexity index is 1460. The van der Waals surface area contributed by atoms with Crippen LogP contribution < -0.4 is 10.7 Å². The summed E-state index contributed by atoms with van der Waals surface area (Å²) in [5.74, 6) is -2.53. The lowest BCUT2D eigenvalue weighted by Crippen LogP contribution is -2.42. The lowest BCUT2D eigenvalue weighted by Gasteiger charge is -2.30. The molecule has 0 saturated heterocycles. The van der Waals surface area contributed by atoms with Crippen molar-refractivity contribution in [1.82, 2.24) is 14.8 Å². The molecule has 2 N–H and O–H groups in total. The summed E-state index contributed by atoms with van der Waals surface area (Å²) in [5, 5.41) is 13.1. The number of pyridine rings is 1. The summed E-state index contributed by atoms with van der Waals surface area (Å²) < 4.78 is 37.6. The molecule has 0 radical (unpaired) electrons. The van der Waals surface area contributed by atoms with Gasteiger partial charge in [-0.2, -0.15) is 0 Å². The van der Waals surface area contributed by atoms with E-state index in [1.165, 1.54) is 39.9 Å². The third-order valence-corrected chi connectivity index (χ3v) is 6.82. The third kappa shape index (κ3) is 5.09. The number of halogens is 1. The molecule has 0 saturated carbocycles. The Morgan fingerprint density at radius 2 is 1.66 bits per heavy atom. The van der Waals surface area contributed by atoms with E-state index in [2.05, 4.69) is 5.32 Å². The molecule has 11 heteroatoms. The highest BCUT2D eigenvalue weighted by Crippen LogP contribution is 2.22. The Morgan fingerprint density at radius 3 is 2.29 bits per heavy atom. The molecule has 4 rings (SSSR count). The minimum Gasteiger partial charge on any atom is -0.503 e. The summed E-state index contributed by atoms with van der Waals surface area (Å²) in [6.45, 7) is 0.699. The smallest absolute Gasteiger partial charge is 0.274 e. The predicted molar refractivity (Wildman–Crippen MR) is 124 cm³/mol. The maximum absolute atomic E-state index is 13.1. The van der Waals surface area contributed by atoms with Gasteiger partial charge in [-0.15, -0.1) is 0 Å². The van der Waals surface area contributed by atoms with Crippen molar-refractivity contribution in [3.63, 3.8) is 0 Å². The van der Waals surface area contributed by atoms with Crippen molar-refractivity contribution in [2.24, 2.45) is 0 Å². The molecule has 9 nitrogen and oxygen atoms in total. The van der Waals surface area contributed by atoms with Gasteiger partial charge in [0.05, 0.1) is 4.90 Å². The maximum atomic E-state index is 13.1. The van der Waals surface area contributed by atoms with Gasteiger partial charge in [-0.3, -0.25) is 14.4 Å². The summed E-state index contributed by atoms with van der Waals surface area (Å²) in [6.07, 6.45) is 2.33. The van der Waals surface area contributed by atoms with E-state index in [1.807, 2.05) is 0 Å². The van der Waals surface area contributed by atoms with Crippen molar-refractivity contribution in [1.29, 1.82) is 0 Å². The second-order valence-corrected chi connectivity index (χ2v) is 10.2. The minimum atomic E-state index is -3.35. The van der Waals surface area contributed by atoms with Crippen LogP contribution in [0.2, 0.25) is 0 Å². The van der Waals surface area contributed by atoms with Gasteiger partial charge < -0.3 is 19.9 Å². The van der Waals surface area contributed by atoms with Gasteiger partial charge in [0.1, 0.15) is 11.4 Å². The van der Waals surface area contributed by atoms with E-state index >= 15 is 0 Å². The fraction of sp³-hybridized carbons (Fsp3) is 0.208. The quantitative estimate of drug-likeness (QED) is 0.532. The molecular weight excluding hydrogens is 477 g/mol. The van der Waals surface area contributed by atoms with Crippen molar-refractivity contribution in [2.45, 2.75) is 24.5 Å². The number of hydrogen-bond donors (Lipinski definition) is 2. The number of nitrogens with zero attached hydrogens (tertiary/aromatic N) is 2. The molecule has 0 fully saturated rings. The van der Waals surface area contributed by atoms with Crippen LogP contribution in [0.15, 0.2) is 64.4 Å². The normalized spacial score (nSPS) is 13.4. The fourth-order valence-corrected chi connectivity index (χ4v) is 4.42. The zero-order valence-corrected chi connectivity index (χ0v) is 19.5. The third-order valence-electron chi connectivity index (χ3n) is 5.69. The molecule has 2 amide bonds. The largest absolute Gasteiger partial charge is 0.503 e. The molecule has 1 aliphatic heterocycles. The first kappa shape index (κ1) is 24.1. The number of hydrogen-bond acceptors (Lipinski definition) is 6. The fourth-order valence-electron chi connectivity index (χ4n) is 3.79. The van der Waals surface area contributed by atoms with Crippen LogP contribution in [-0.2, 0) is 29.5 Å². The van der Waals surface area contributed by atoms with Crippen molar-refractivity contribution >= 4 is 21.7 Å². The average Bonchev–Trinajstić information content (AvgIpc) is 2.82. The Kier molecular flexibility index (Phi) is 6.44. The average molecular weight is 500 g/mol. The van der Waals surface area contributed by atoms with Gasteiger partial charge in [0.2, 0.25) is 5.43 Å². The van der Waals surface area contributed by atoms with Gasteiger partial charge in [0.25, 0.3) is 11.8 Å². The standard InChI is InChI=1S/C24H22FN3O6S/c1-35(33,34)18-8-4-15(5-9-18)12-26-23(31)19-14-27-10-11-28(13-16-2-6-17(25)7-3-16)24(32)20(27)22(30)21(19)29/h2-9,14,30H,10-13H2,1H3,(H,26,31). The first-order valence-corrected chi connectivity index (χ1v) is 12.5. The van der Waals surface area contributed by atoms with Crippen LogP contribution in [0.25, 0.3) is 0 Å². The Labute approximate surface area is 200 Å². The highest BCUT2D eigenvalue weighted by Gasteiger charge is 2.30. The number of carbonyl (C=O) groups is 2. The van der Waals surface area contributed by atoms with Crippen LogP contribution in [0.1, 0.15) is 32.0 Å². The zero-order valence-electron chi connectivity index (χ0n) is 18.7. The molecule has 0 atom stereocenters. The highest BCUT2D eigenvalue weighted by molar-refractivity contribution is 7.90. The van der Waals surface area contributed by atoms with Crippen LogP contribution in [-0.4, -0.2) is 47.6 Å². The van der Waals surface area contributed by atoms with Gasteiger partial charge >= 0.3 is 0 Å². The van der Waals surface area contributed by atoms with Crippen molar-refractivity contribution in [2.75, 3.05) is 12.8 Å². The number of nitrogens with one attached hydrogen (secondary N) is 1. The van der Waals surface area contributed by atoms with E-state index in [-0.39, 0.29) is 42.3 Å². The summed E-state index contributed by atoms with van der Waals surface area (Å²) in [4.78, 5) is 39.9. The van der Waals surface area contributed by atoms with Gasteiger partial charge in [-0.25, -0.2) is 12.8 Å². The van der Waals surface area contributed by atoms with E-state index < -0.39 is 38.6 Å². The number of benzene rings is 2. The number of amides is 2. The second-order valence-electron chi connectivity index (χ2n) is 8.21. The van der Waals surface area contributed by atoms with Crippen molar-refractivity contribution in [3.8, 4) is 5.75 Å². The summed E-state index contributed by atoms with van der Waals surface area (Å²) in [5.41, 5.74) is -0.205. The predicted octanol–water partition coefficient (Wildman–Crippen LogP) is 1.68. The molecule has 182 valence electrons. The van der Waals surface area contributed by atoms with Crippen molar-refractivity contribution < 1.29 is 27.5 Å². The number of aromatic hydroxyl groups is 1. The summed E-state index contributed by atoms with van der Waals surface area (Å²) >= 11 is 0. The van der Waals surface area contributed by atoms with Crippen molar-refractivity contribution in [3.05, 3.63) is 93.2 Å². The number of sulfone groups is 1. The summed E-state index contributed by atoms with van der Waals surface area (Å²) in [6, 6.07) is 11.6. The Morgan fingerprint density at radius 1 is 1.03 bits per heavy atom. The second kappa shape index (κ2) is 9.34. The van der Waals surface area contributed by atoms with Gasteiger partial charge in [0.15, 0.2) is 21.3 Å². The van der Waals surface area contributed by atoms with E-state index in [4.69, 9.17) is 0 Å². The molecular formula is C24H22FN3O6S. The molecule has 0 aliphatic carbocycles. The van der Waals surface area contributed by atoms with E-state index in [1.54, 1.807) is 24.3 Å². The molecule has 3 aromatic rings. The molecule has 2 heterocycles. The molecule has 1 aromatic heterocycles. The monoisotopic (exact) mass is 499 g/mol. The molecule has 35 heavy (non-hydrogen) atoms.